The highest BCUT2D eigenvalue weighted by molar-refractivity contribution is 6.30. The number of hydrogen-bond acceptors (Lipinski definition) is 3. The molecule has 2 heterocycles. The molecule has 0 radical (unpaired) electrons. The molecule has 31 heavy (non-hydrogen) atoms. The Morgan fingerprint density at radius 2 is 1.77 bits per heavy atom. The van der Waals surface area contributed by atoms with E-state index in [0.29, 0.717) is 19.5 Å². The molecule has 0 bridgehead atoms. The lowest BCUT2D eigenvalue weighted by molar-refractivity contribution is -0.117. The smallest absolute Gasteiger partial charge is 0.227 e. The molecule has 0 aliphatic carbocycles. The normalized spacial score (nSPS) is 16.3. The molecule has 0 N–H and O–H groups in total. The van der Waals surface area contributed by atoms with E-state index in [-0.39, 0.29) is 11.8 Å². The van der Waals surface area contributed by atoms with Gasteiger partial charge in [0.05, 0.1) is 18.1 Å². The molecule has 0 spiro atoms. The van der Waals surface area contributed by atoms with Gasteiger partial charge in [-0.1, -0.05) is 35.9 Å². The van der Waals surface area contributed by atoms with E-state index in [4.69, 9.17) is 21.3 Å². The first kappa shape index (κ1) is 19.6. The highest BCUT2D eigenvalue weighted by Gasteiger charge is 2.34. The predicted octanol–water partition coefficient (Wildman–Crippen LogP) is 5.27. The number of nitrogens with zero attached hydrogens (tertiary/aromatic N) is 3. The van der Waals surface area contributed by atoms with E-state index in [0.717, 1.165) is 38.9 Å². The molecular formula is C25H22ClN3O2. The lowest BCUT2D eigenvalue weighted by atomic mass is 10.1. The zero-order valence-corrected chi connectivity index (χ0v) is 17.9. The van der Waals surface area contributed by atoms with Crippen LogP contribution >= 0.6 is 11.6 Å². The standard InChI is InChI=1S/C25H22ClN3O2/c1-31-21-12-10-20(11-13-21)28-16-18(14-24(28)30)25-27-22-4-2-3-5-23(22)29(25)15-17-6-8-19(26)9-7-17/h2-13,18H,14-16H2,1H3/t18-/m1/s1. The number of carbonyl (C=O) groups excluding carboxylic acids is 1. The summed E-state index contributed by atoms with van der Waals surface area (Å²) in [4.78, 5) is 19.7. The summed E-state index contributed by atoms with van der Waals surface area (Å²) in [5.74, 6) is 1.85. The van der Waals surface area contributed by atoms with Crippen molar-refractivity contribution in [2.24, 2.45) is 0 Å². The summed E-state index contributed by atoms with van der Waals surface area (Å²) < 4.78 is 7.47. The van der Waals surface area contributed by atoms with Crippen LogP contribution in [0.3, 0.4) is 0 Å². The maximum atomic E-state index is 12.9. The summed E-state index contributed by atoms with van der Waals surface area (Å²) >= 11 is 6.06. The second-order valence-electron chi connectivity index (χ2n) is 7.77. The minimum Gasteiger partial charge on any atom is -0.497 e. The number of ether oxygens (including phenoxy) is 1. The van der Waals surface area contributed by atoms with E-state index >= 15 is 0 Å². The molecule has 1 amide bonds. The van der Waals surface area contributed by atoms with Crippen molar-refractivity contribution < 1.29 is 9.53 Å². The Morgan fingerprint density at radius 3 is 2.52 bits per heavy atom. The van der Waals surface area contributed by atoms with Gasteiger partial charge in [0.2, 0.25) is 5.91 Å². The van der Waals surface area contributed by atoms with Crippen LogP contribution in [-0.2, 0) is 11.3 Å². The van der Waals surface area contributed by atoms with E-state index < -0.39 is 0 Å². The van der Waals surface area contributed by atoms with E-state index in [9.17, 15) is 4.79 Å². The van der Waals surface area contributed by atoms with Crippen molar-refractivity contribution in [3.8, 4) is 5.75 Å². The molecule has 1 saturated heterocycles. The molecule has 0 unspecified atom stereocenters. The summed E-state index contributed by atoms with van der Waals surface area (Å²) in [7, 11) is 1.64. The van der Waals surface area contributed by atoms with Gasteiger partial charge in [-0.25, -0.2) is 4.98 Å². The van der Waals surface area contributed by atoms with E-state index in [1.54, 1.807) is 7.11 Å². The largest absolute Gasteiger partial charge is 0.497 e. The number of carbonyl (C=O) groups is 1. The van der Waals surface area contributed by atoms with Crippen LogP contribution in [0.5, 0.6) is 5.75 Å². The molecule has 6 heteroatoms. The minimum atomic E-state index is 0.0225. The van der Waals surface area contributed by atoms with Crippen LogP contribution in [0.2, 0.25) is 5.02 Å². The molecule has 1 aromatic heterocycles. The highest BCUT2D eigenvalue weighted by atomic mass is 35.5. The van der Waals surface area contributed by atoms with Crippen LogP contribution in [0.1, 0.15) is 23.7 Å². The summed E-state index contributed by atoms with van der Waals surface area (Å²) in [6, 6.07) is 23.6. The van der Waals surface area contributed by atoms with Gasteiger partial charge >= 0.3 is 0 Å². The number of hydrogen-bond donors (Lipinski definition) is 0. The molecule has 1 fully saturated rings. The number of aromatic nitrogens is 2. The molecule has 1 aliphatic rings. The van der Waals surface area contributed by atoms with Crippen LogP contribution in [-0.4, -0.2) is 29.1 Å². The molecule has 5 nitrogen and oxygen atoms in total. The third-order valence-corrected chi connectivity index (χ3v) is 6.06. The second kappa shape index (κ2) is 8.08. The molecular weight excluding hydrogens is 410 g/mol. The summed E-state index contributed by atoms with van der Waals surface area (Å²) in [5.41, 5.74) is 4.04. The Bertz CT molecular complexity index is 1230. The Kier molecular flexibility index (Phi) is 5.12. The fraction of sp³-hybridized carbons (Fsp3) is 0.200. The topological polar surface area (TPSA) is 47.4 Å². The van der Waals surface area contributed by atoms with Crippen molar-refractivity contribution in [1.82, 2.24) is 9.55 Å². The van der Waals surface area contributed by atoms with Gasteiger partial charge in [-0.2, -0.15) is 0 Å². The lowest BCUT2D eigenvalue weighted by Crippen LogP contribution is -2.24. The van der Waals surface area contributed by atoms with Gasteiger partial charge in [0.15, 0.2) is 0 Å². The van der Waals surface area contributed by atoms with Crippen LogP contribution in [0, 0.1) is 0 Å². The maximum Gasteiger partial charge on any atom is 0.227 e. The van der Waals surface area contributed by atoms with E-state index in [2.05, 4.69) is 10.6 Å². The number of amides is 1. The number of anilines is 1. The Hall–Kier alpha value is -3.31. The number of rotatable bonds is 5. The first-order chi connectivity index (χ1) is 15.1. The Balaban J connectivity index is 1.49. The monoisotopic (exact) mass is 431 g/mol. The lowest BCUT2D eigenvalue weighted by Gasteiger charge is -2.18. The summed E-state index contributed by atoms with van der Waals surface area (Å²) in [6.45, 7) is 1.29. The number of benzene rings is 3. The van der Waals surface area contributed by atoms with Crippen molar-refractivity contribution in [3.05, 3.63) is 89.2 Å². The third kappa shape index (κ3) is 3.77. The summed E-state index contributed by atoms with van der Waals surface area (Å²) in [6.07, 6.45) is 0.440. The molecule has 156 valence electrons. The molecule has 1 aliphatic heterocycles. The molecule has 1 atom stereocenters. The van der Waals surface area contributed by atoms with Crippen LogP contribution in [0.15, 0.2) is 72.8 Å². The fourth-order valence-corrected chi connectivity index (χ4v) is 4.36. The van der Waals surface area contributed by atoms with Crippen molar-refractivity contribution in [1.29, 1.82) is 0 Å². The van der Waals surface area contributed by atoms with Crippen LogP contribution in [0.4, 0.5) is 5.69 Å². The minimum absolute atomic E-state index is 0.0225. The molecule has 5 rings (SSSR count). The highest BCUT2D eigenvalue weighted by Crippen LogP contribution is 2.34. The van der Waals surface area contributed by atoms with Gasteiger partial charge in [0.25, 0.3) is 0 Å². The van der Waals surface area contributed by atoms with Gasteiger partial charge in [-0.15, -0.1) is 0 Å². The van der Waals surface area contributed by atoms with Gasteiger partial charge in [-0.3, -0.25) is 4.79 Å². The molecule has 3 aromatic carbocycles. The zero-order chi connectivity index (χ0) is 21.4. The number of fused-ring (bicyclic) bond motifs is 1. The quantitative estimate of drug-likeness (QED) is 0.432. The van der Waals surface area contributed by atoms with Crippen molar-refractivity contribution in [2.75, 3.05) is 18.6 Å². The van der Waals surface area contributed by atoms with E-state index in [1.807, 2.05) is 71.6 Å². The van der Waals surface area contributed by atoms with Crippen molar-refractivity contribution >= 4 is 34.2 Å². The SMILES string of the molecule is COc1ccc(N2C[C@H](c3nc4ccccc4n3Cc3ccc(Cl)cc3)CC2=O)cc1. The van der Waals surface area contributed by atoms with Gasteiger partial charge in [0, 0.05) is 36.1 Å². The Labute approximate surface area is 185 Å². The Morgan fingerprint density at radius 1 is 1.03 bits per heavy atom. The van der Waals surface area contributed by atoms with Crippen molar-refractivity contribution in [2.45, 2.75) is 18.9 Å². The summed E-state index contributed by atoms with van der Waals surface area (Å²) in [5, 5.41) is 0.719. The average Bonchev–Trinajstić information content (AvgIpc) is 3.36. The van der Waals surface area contributed by atoms with Gasteiger partial charge in [0.1, 0.15) is 11.6 Å². The first-order valence-corrected chi connectivity index (χ1v) is 10.6. The second-order valence-corrected chi connectivity index (χ2v) is 8.21. The molecule has 4 aromatic rings. The number of halogens is 1. The number of para-hydroxylation sites is 2. The maximum absolute atomic E-state index is 12.9. The fourth-order valence-electron chi connectivity index (χ4n) is 4.24. The van der Waals surface area contributed by atoms with E-state index in [1.165, 1.54) is 0 Å². The first-order valence-electron chi connectivity index (χ1n) is 10.3. The van der Waals surface area contributed by atoms with Gasteiger partial charge in [-0.05, 0) is 54.1 Å². The van der Waals surface area contributed by atoms with Gasteiger partial charge < -0.3 is 14.2 Å². The average molecular weight is 432 g/mol. The van der Waals surface area contributed by atoms with Crippen molar-refractivity contribution in [3.63, 3.8) is 0 Å². The van der Waals surface area contributed by atoms with Crippen LogP contribution in [0.25, 0.3) is 11.0 Å². The predicted molar refractivity (Wildman–Crippen MR) is 123 cm³/mol. The number of imidazole rings is 1. The number of methoxy groups -OCH3 is 1. The van der Waals surface area contributed by atoms with Crippen LogP contribution < -0.4 is 9.64 Å². The third-order valence-electron chi connectivity index (χ3n) is 5.81. The molecule has 0 saturated carbocycles. The zero-order valence-electron chi connectivity index (χ0n) is 17.2.